The monoisotopic (exact) mass is 426 g/mol. The molecule has 1 atom stereocenters. The second-order valence-electron chi connectivity index (χ2n) is 6.82. The van der Waals surface area contributed by atoms with Crippen LogP contribution in [0.4, 0.5) is 0 Å². The summed E-state index contributed by atoms with van der Waals surface area (Å²) < 4.78 is 33.9. The number of esters is 1. The number of nitrogens with zero attached hydrogens (tertiary/aromatic N) is 1. The van der Waals surface area contributed by atoms with E-state index in [1.54, 1.807) is 12.1 Å². The predicted molar refractivity (Wildman–Crippen MR) is 105 cm³/mol. The molecule has 0 aliphatic carbocycles. The number of hydrogen-bond acceptors (Lipinski definition) is 7. The van der Waals surface area contributed by atoms with Gasteiger partial charge in [-0.1, -0.05) is 25.5 Å². The number of carbonyl (C=O) groups excluding carboxylic acids is 3. The summed E-state index contributed by atoms with van der Waals surface area (Å²) in [6, 6.07) is 5.74. The van der Waals surface area contributed by atoms with Crippen molar-refractivity contribution < 1.29 is 32.3 Å². The quantitative estimate of drug-likeness (QED) is 0.539. The molecule has 29 heavy (non-hydrogen) atoms. The average Bonchev–Trinajstić information content (AvgIpc) is 3.04. The third-order valence-corrected chi connectivity index (χ3v) is 6.28. The van der Waals surface area contributed by atoms with Crippen LogP contribution >= 0.6 is 0 Å². The van der Waals surface area contributed by atoms with Crippen LogP contribution in [-0.4, -0.2) is 68.4 Å². The normalized spacial score (nSPS) is 17.5. The maximum absolute atomic E-state index is 12.6. The summed E-state index contributed by atoms with van der Waals surface area (Å²) in [5.41, 5.74) is 5.10. The zero-order chi connectivity index (χ0) is 21.4. The second-order valence-corrected chi connectivity index (χ2v) is 9.05. The predicted octanol–water partition coefficient (Wildman–Crippen LogP) is 0.523. The van der Waals surface area contributed by atoms with Crippen LogP contribution in [0.25, 0.3) is 0 Å². The minimum atomic E-state index is -3.15. The average molecular weight is 426 g/mol. The van der Waals surface area contributed by atoms with Crippen LogP contribution in [0.3, 0.4) is 0 Å². The van der Waals surface area contributed by atoms with Crippen molar-refractivity contribution in [2.75, 3.05) is 31.3 Å². The zero-order valence-electron chi connectivity index (χ0n) is 16.3. The lowest BCUT2D eigenvalue weighted by molar-refractivity contribution is -0.136. The summed E-state index contributed by atoms with van der Waals surface area (Å²) in [7, 11) is -3.15. The molecule has 1 heterocycles. The van der Waals surface area contributed by atoms with Gasteiger partial charge in [0.1, 0.15) is 11.3 Å². The highest BCUT2D eigenvalue weighted by Gasteiger charge is 2.34. The van der Waals surface area contributed by atoms with E-state index in [9.17, 15) is 22.8 Å². The summed E-state index contributed by atoms with van der Waals surface area (Å²) >= 11 is 0. The fourth-order valence-electron chi connectivity index (χ4n) is 3.06. The van der Waals surface area contributed by atoms with Gasteiger partial charge in [-0.2, -0.15) is 0 Å². The summed E-state index contributed by atoms with van der Waals surface area (Å²) in [6.45, 7) is 1.47. The number of benzene rings is 1. The summed E-state index contributed by atoms with van der Waals surface area (Å²) in [5.74, 6) is -1.81. The first-order valence-corrected chi connectivity index (χ1v) is 11.2. The molecule has 0 bridgehead atoms. The van der Waals surface area contributed by atoms with Crippen molar-refractivity contribution >= 4 is 27.6 Å². The molecule has 1 fully saturated rings. The number of nitrogens with two attached hydrogens (primary N) is 1. The standard InChI is InChI=1S/C19H26N2O7S/c1-2-3-9-21(14-8-10-29(25,26)13-14)18(23)12-28-19(24)15-6-4-5-7-16(15)27-11-17(20)22/h4-7,14H,2-3,8-13H2,1H3,(H2,20,22). The Kier molecular flexibility index (Phi) is 8.00. The van der Waals surface area contributed by atoms with Gasteiger partial charge in [-0.3, -0.25) is 9.59 Å². The topological polar surface area (TPSA) is 133 Å². The SMILES string of the molecule is CCCCN(C(=O)COC(=O)c1ccccc1OCC(N)=O)C1CCS(=O)(=O)C1. The Morgan fingerprint density at radius 3 is 2.55 bits per heavy atom. The summed E-state index contributed by atoms with van der Waals surface area (Å²) in [4.78, 5) is 37.4. The third-order valence-electron chi connectivity index (χ3n) is 4.53. The number of amides is 2. The number of sulfone groups is 1. The van der Waals surface area contributed by atoms with E-state index in [0.717, 1.165) is 12.8 Å². The number of carbonyl (C=O) groups is 3. The minimum Gasteiger partial charge on any atom is -0.483 e. The van der Waals surface area contributed by atoms with Gasteiger partial charge < -0.3 is 20.1 Å². The molecule has 2 amide bonds. The number of rotatable bonds is 10. The van der Waals surface area contributed by atoms with Crippen LogP contribution in [0.1, 0.15) is 36.5 Å². The van der Waals surface area contributed by atoms with Crippen LogP contribution in [0.2, 0.25) is 0 Å². The van der Waals surface area contributed by atoms with Gasteiger partial charge in [0.25, 0.3) is 11.8 Å². The molecule has 1 aromatic rings. The molecule has 1 aliphatic rings. The molecule has 0 radical (unpaired) electrons. The lowest BCUT2D eigenvalue weighted by atomic mass is 10.2. The molecule has 0 spiro atoms. The van der Waals surface area contributed by atoms with Crippen LogP contribution in [0.15, 0.2) is 24.3 Å². The van der Waals surface area contributed by atoms with Crippen molar-refractivity contribution in [3.63, 3.8) is 0 Å². The molecule has 9 nitrogen and oxygen atoms in total. The molecule has 1 unspecified atom stereocenters. The fraction of sp³-hybridized carbons (Fsp3) is 0.526. The fourth-order valence-corrected chi connectivity index (χ4v) is 4.79. The van der Waals surface area contributed by atoms with Crippen molar-refractivity contribution in [1.82, 2.24) is 4.90 Å². The summed E-state index contributed by atoms with van der Waals surface area (Å²) in [6.07, 6.45) is 1.95. The highest BCUT2D eigenvalue weighted by molar-refractivity contribution is 7.91. The van der Waals surface area contributed by atoms with Gasteiger partial charge in [0, 0.05) is 12.6 Å². The first-order valence-electron chi connectivity index (χ1n) is 9.40. The maximum Gasteiger partial charge on any atom is 0.342 e. The smallest absolute Gasteiger partial charge is 0.342 e. The van der Waals surface area contributed by atoms with Crippen molar-refractivity contribution in [2.24, 2.45) is 5.73 Å². The number of para-hydroxylation sites is 1. The van der Waals surface area contributed by atoms with Crippen molar-refractivity contribution in [2.45, 2.75) is 32.2 Å². The Labute approximate surface area is 170 Å². The van der Waals surface area contributed by atoms with Gasteiger partial charge in [-0.15, -0.1) is 0 Å². The highest BCUT2D eigenvalue weighted by atomic mass is 32.2. The molecule has 0 saturated carbocycles. The Morgan fingerprint density at radius 1 is 1.21 bits per heavy atom. The van der Waals surface area contributed by atoms with E-state index in [2.05, 4.69) is 0 Å². The largest absolute Gasteiger partial charge is 0.483 e. The van der Waals surface area contributed by atoms with E-state index >= 15 is 0 Å². The van der Waals surface area contributed by atoms with E-state index < -0.39 is 46.9 Å². The van der Waals surface area contributed by atoms with Crippen LogP contribution in [0, 0.1) is 0 Å². The van der Waals surface area contributed by atoms with Gasteiger partial charge in [0.15, 0.2) is 23.1 Å². The Balaban J connectivity index is 2.02. The van der Waals surface area contributed by atoms with Gasteiger partial charge in [0.2, 0.25) is 0 Å². The number of primary amides is 1. The van der Waals surface area contributed by atoms with Crippen LogP contribution in [-0.2, 0) is 24.2 Å². The lowest BCUT2D eigenvalue weighted by Gasteiger charge is -2.28. The molecule has 2 N–H and O–H groups in total. The third kappa shape index (κ3) is 6.74. The molecule has 1 aliphatic heterocycles. The van der Waals surface area contributed by atoms with Crippen molar-refractivity contribution in [1.29, 1.82) is 0 Å². The van der Waals surface area contributed by atoms with Crippen molar-refractivity contribution in [3.8, 4) is 5.75 Å². The van der Waals surface area contributed by atoms with E-state index in [-0.39, 0.29) is 22.8 Å². The molecule has 1 saturated heterocycles. The van der Waals surface area contributed by atoms with Gasteiger partial charge in [0.05, 0.1) is 11.5 Å². The maximum atomic E-state index is 12.6. The van der Waals surface area contributed by atoms with Gasteiger partial charge in [-0.05, 0) is 25.0 Å². The van der Waals surface area contributed by atoms with Gasteiger partial charge >= 0.3 is 5.97 Å². The Morgan fingerprint density at radius 2 is 1.93 bits per heavy atom. The zero-order valence-corrected chi connectivity index (χ0v) is 17.2. The van der Waals surface area contributed by atoms with E-state index in [1.807, 2.05) is 6.92 Å². The second kappa shape index (κ2) is 10.2. The first kappa shape index (κ1) is 22.7. The molecular weight excluding hydrogens is 400 g/mol. The number of ether oxygens (including phenoxy) is 2. The molecule has 10 heteroatoms. The lowest BCUT2D eigenvalue weighted by Crippen LogP contribution is -2.43. The van der Waals surface area contributed by atoms with Crippen molar-refractivity contribution in [3.05, 3.63) is 29.8 Å². The van der Waals surface area contributed by atoms with Crippen LogP contribution in [0.5, 0.6) is 5.75 Å². The molecule has 0 aromatic heterocycles. The minimum absolute atomic E-state index is 0.0535. The van der Waals surface area contributed by atoms with Gasteiger partial charge in [-0.25, -0.2) is 13.2 Å². The van der Waals surface area contributed by atoms with E-state index in [4.69, 9.17) is 15.2 Å². The Hall–Kier alpha value is -2.62. The first-order chi connectivity index (χ1) is 13.7. The molecule has 1 aromatic carbocycles. The van der Waals surface area contributed by atoms with E-state index in [0.29, 0.717) is 13.0 Å². The Bertz CT molecular complexity index is 854. The molecule has 160 valence electrons. The van der Waals surface area contributed by atoms with Crippen LogP contribution < -0.4 is 10.5 Å². The molecule has 2 rings (SSSR count). The van der Waals surface area contributed by atoms with E-state index in [1.165, 1.54) is 17.0 Å². The number of unbranched alkanes of at least 4 members (excludes halogenated alkanes) is 1. The highest BCUT2D eigenvalue weighted by Crippen LogP contribution is 2.21. The molecular formula is C19H26N2O7S. The number of hydrogen-bond donors (Lipinski definition) is 1. The summed E-state index contributed by atoms with van der Waals surface area (Å²) in [5, 5.41) is 0.